The van der Waals surface area contributed by atoms with Crippen molar-refractivity contribution in [2.45, 2.75) is 11.4 Å². The fourth-order valence-electron chi connectivity index (χ4n) is 3.44. The van der Waals surface area contributed by atoms with Gasteiger partial charge in [-0.05, 0) is 42.9 Å². The molecule has 8 heteroatoms. The number of hydrogen-bond donors (Lipinski definition) is 0. The molecular weight excluding hydrogens is 417 g/mol. The second kappa shape index (κ2) is 9.29. The second-order valence-corrected chi connectivity index (χ2v) is 8.72. The van der Waals surface area contributed by atoms with E-state index in [-0.39, 0.29) is 24.8 Å². The molecule has 2 heterocycles. The summed E-state index contributed by atoms with van der Waals surface area (Å²) >= 11 is 0. The molecule has 0 amide bonds. The fraction of sp³-hybridized carbons (Fsp3) is 0.300. The standard InChI is InChI=1S/C20H23N3O2S.2ClH/c1-21-11-13-22(14-12-21)16-17-7-8-20-18(15-17)9-10-23(20)26(24,25)19-5-3-2-4-6-19;;/h2-10,15H,11-14,16H2,1H3;2*1H. The van der Waals surface area contributed by atoms with Crippen LogP contribution in [0.25, 0.3) is 10.9 Å². The van der Waals surface area contributed by atoms with Crippen molar-refractivity contribution in [2.24, 2.45) is 0 Å². The van der Waals surface area contributed by atoms with Crippen LogP contribution in [0.1, 0.15) is 5.56 Å². The zero-order chi connectivity index (χ0) is 18.1. The Hall–Kier alpha value is -1.57. The van der Waals surface area contributed by atoms with Crippen LogP contribution in [0, 0.1) is 0 Å². The van der Waals surface area contributed by atoms with Gasteiger partial charge in [-0.15, -0.1) is 24.8 Å². The van der Waals surface area contributed by atoms with E-state index in [9.17, 15) is 8.42 Å². The number of nitrogens with zero attached hydrogens (tertiary/aromatic N) is 3. The van der Waals surface area contributed by atoms with E-state index in [0.29, 0.717) is 4.90 Å². The molecule has 4 rings (SSSR count). The number of aromatic nitrogens is 1. The number of fused-ring (bicyclic) bond motifs is 1. The van der Waals surface area contributed by atoms with Crippen LogP contribution in [0.4, 0.5) is 0 Å². The van der Waals surface area contributed by atoms with E-state index in [1.807, 2.05) is 24.3 Å². The third-order valence-corrected chi connectivity index (χ3v) is 6.73. The highest BCUT2D eigenvalue weighted by Gasteiger charge is 2.19. The summed E-state index contributed by atoms with van der Waals surface area (Å²) in [6, 6.07) is 16.5. The SMILES string of the molecule is CN1CCN(Cc2ccc3c(ccn3S(=O)(=O)c3ccccc3)c2)CC1.Cl.Cl. The maximum atomic E-state index is 12.9. The van der Waals surface area contributed by atoms with Gasteiger partial charge in [-0.25, -0.2) is 12.4 Å². The lowest BCUT2D eigenvalue weighted by Crippen LogP contribution is -2.43. The van der Waals surface area contributed by atoms with Crippen molar-refractivity contribution in [3.8, 4) is 0 Å². The molecule has 152 valence electrons. The molecule has 0 saturated carbocycles. The number of hydrogen-bond acceptors (Lipinski definition) is 4. The molecule has 0 N–H and O–H groups in total. The summed E-state index contributed by atoms with van der Waals surface area (Å²) in [6.07, 6.45) is 1.65. The minimum Gasteiger partial charge on any atom is -0.304 e. The molecule has 0 spiro atoms. The monoisotopic (exact) mass is 441 g/mol. The van der Waals surface area contributed by atoms with Gasteiger partial charge in [0.2, 0.25) is 0 Å². The number of likely N-dealkylation sites (N-methyl/N-ethyl adjacent to an activating group) is 1. The van der Waals surface area contributed by atoms with Gasteiger partial charge in [0.25, 0.3) is 10.0 Å². The summed E-state index contributed by atoms with van der Waals surface area (Å²) in [5.41, 5.74) is 1.94. The van der Waals surface area contributed by atoms with Crippen LogP contribution < -0.4 is 0 Å². The number of piperazine rings is 1. The van der Waals surface area contributed by atoms with Gasteiger partial charge in [0.05, 0.1) is 10.4 Å². The van der Waals surface area contributed by atoms with Crippen molar-refractivity contribution in [3.63, 3.8) is 0 Å². The van der Waals surface area contributed by atoms with E-state index in [4.69, 9.17) is 0 Å². The largest absolute Gasteiger partial charge is 0.304 e. The topological polar surface area (TPSA) is 45.5 Å². The van der Waals surface area contributed by atoms with Crippen LogP contribution in [-0.4, -0.2) is 55.4 Å². The first-order valence-corrected chi connectivity index (χ1v) is 10.3. The van der Waals surface area contributed by atoms with E-state index in [1.54, 1.807) is 30.5 Å². The molecule has 28 heavy (non-hydrogen) atoms. The van der Waals surface area contributed by atoms with Gasteiger partial charge < -0.3 is 4.90 Å². The molecule has 1 aliphatic heterocycles. The van der Waals surface area contributed by atoms with E-state index < -0.39 is 10.0 Å². The quantitative estimate of drug-likeness (QED) is 0.621. The average Bonchev–Trinajstić information content (AvgIpc) is 3.08. The highest BCUT2D eigenvalue weighted by molar-refractivity contribution is 7.90. The lowest BCUT2D eigenvalue weighted by Gasteiger charge is -2.32. The minimum atomic E-state index is -3.57. The Labute approximate surface area is 178 Å². The van der Waals surface area contributed by atoms with Gasteiger partial charge in [-0.1, -0.05) is 24.3 Å². The van der Waals surface area contributed by atoms with E-state index in [0.717, 1.165) is 43.6 Å². The smallest absolute Gasteiger partial charge is 0.268 e. The molecule has 0 atom stereocenters. The summed E-state index contributed by atoms with van der Waals surface area (Å²) in [4.78, 5) is 5.09. The van der Waals surface area contributed by atoms with Crippen LogP contribution in [0.5, 0.6) is 0 Å². The maximum absolute atomic E-state index is 12.9. The van der Waals surface area contributed by atoms with Crippen molar-refractivity contribution >= 4 is 45.7 Å². The van der Waals surface area contributed by atoms with Crippen LogP contribution >= 0.6 is 24.8 Å². The molecule has 1 aliphatic rings. The normalized spacial score (nSPS) is 15.8. The first-order chi connectivity index (χ1) is 12.5. The molecule has 2 aromatic carbocycles. The van der Waals surface area contributed by atoms with Gasteiger partial charge >= 0.3 is 0 Å². The molecule has 1 aromatic heterocycles. The fourth-order valence-corrected chi connectivity index (χ4v) is 4.82. The third kappa shape index (κ3) is 4.53. The van der Waals surface area contributed by atoms with Crippen LogP contribution in [0.15, 0.2) is 65.7 Å². The van der Waals surface area contributed by atoms with Gasteiger partial charge in [-0.3, -0.25) is 4.90 Å². The van der Waals surface area contributed by atoms with E-state index in [1.165, 1.54) is 9.54 Å². The summed E-state index contributed by atoms with van der Waals surface area (Å²) in [5.74, 6) is 0. The molecule has 5 nitrogen and oxygen atoms in total. The average molecular weight is 442 g/mol. The Morgan fingerprint density at radius 3 is 2.25 bits per heavy atom. The molecular formula is C20H25Cl2N3O2S. The Balaban J connectivity index is 0.00000140. The lowest BCUT2D eigenvalue weighted by atomic mass is 10.1. The zero-order valence-corrected chi connectivity index (χ0v) is 18.1. The molecule has 3 aromatic rings. The molecule has 0 unspecified atom stereocenters. The molecule has 1 saturated heterocycles. The first kappa shape index (κ1) is 22.7. The van der Waals surface area contributed by atoms with E-state index >= 15 is 0 Å². The first-order valence-electron chi connectivity index (χ1n) is 8.85. The summed E-state index contributed by atoms with van der Waals surface area (Å²) in [7, 11) is -1.42. The summed E-state index contributed by atoms with van der Waals surface area (Å²) < 4.78 is 27.2. The highest BCUT2D eigenvalue weighted by atomic mass is 35.5. The maximum Gasteiger partial charge on any atom is 0.268 e. The molecule has 0 aliphatic carbocycles. The predicted molar refractivity (Wildman–Crippen MR) is 118 cm³/mol. The number of benzene rings is 2. The zero-order valence-electron chi connectivity index (χ0n) is 15.7. The summed E-state index contributed by atoms with van der Waals surface area (Å²) in [6.45, 7) is 5.22. The summed E-state index contributed by atoms with van der Waals surface area (Å²) in [5, 5.41) is 0.955. The van der Waals surface area contributed by atoms with Crippen molar-refractivity contribution in [1.82, 2.24) is 13.8 Å². The van der Waals surface area contributed by atoms with Gasteiger partial charge in [0, 0.05) is 44.3 Å². The third-order valence-electron chi connectivity index (χ3n) is 5.02. The Kier molecular flexibility index (Phi) is 7.53. The Morgan fingerprint density at radius 2 is 1.57 bits per heavy atom. The number of rotatable bonds is 4. The van der Waals surface area contributed by atoms with Crippen LogP contribution in [0.3, 0.4) is 0 Å². The van der Waals surface area contributed by atoms with Crippen molar-refractivity contribution in [3.05, 3.63) is 66.4 Å². The van der Waals surface area contributed by atoms with Gasteiger partial charge in [-0.2, -0.15) is 0 Å². The lowest BCUT2D eigenvalue weighted by molar-refractivity contribution is 0.148. The number of halogens is 2. The Bertz CT molecular complexity index is 1010. The molecule has 0 bridgehead atoms. The van der Waals surface area contributed by atoms with Crippen molar-refractivity contribution in [2.75, 3.05) is 33.2 Å². The minimum absolute atomic E-state index is 0. The van der Waals surface area contributed by atoms with Crippen molar-refractivity contribution in [1.29, 1.82) is 0 Å². The highest BCUT2D eigenvalue weighted by Crippen LogP contribution is 2.23. The Morgan fingerprint density at radius 1 is 0.893 bits per heavy atom. The van der Waals surface area contributed by atoms with Gasteiger partial charge in [0.15, 0.2) is 0 Å². The molecule has 1 fully saturated rings. The molecule has 0 radical (unpaired) electrons. The van der Waals surface area contributed by atoms with Gasteiger partial charge in [0.1, 0.15) is 0 Å². The predicted octanol–water partition coefficient (Wildman–Crippen LogP) is 3.47. The van der Waals surface area contributed by atoms with Crippen LogP contribution in [-0.2, 0) is 16.6 Å². The van der Waals surface area contributed by atoms with E-state index in [2.05, 4.69) is 22.9 Å². The van der Waals surface area contributed by atoms with Crippen LogP contribution in [0.2, 0.25) is 0 Å². The second-order valence-electron chi connectivity index (χ2n) is 6.90. The van der Waals surface area contributed by atoms with Crippen molar-refractivity contribution < 1.29 is 8.42 Å².